The number of thioether (sulfide) groups is 1. The summed E-state index contributed by atoms with van der Waals surface area (Å²) in [7, 11) is 0. The molecule has 1 aromatic heterocycles. The van der Waals surface area contributed by atoms with Crippen LogP contribution < -0.4 is 5.32 Å². The van der Waals surface area contributed by atoms with Gasteiger partial charge in [-0.3, -0.25) is 4.79 Å². The van der Waals surface area contributed by atoms with Crippen molar-refractivity contribution in [2.24, 2.45) is 5.92 Å². The Bertz CT molecular complexity index is 751. The molecule has 0 fully saturated rings. The summed E-state index contributed by atoms with van der Waals surface area (Å²) >= 11 is 1.25. The second-order valence-electron chi connectivity index (χ2n) is 5.91. The van der Waals surface area contributed by atoms with Gasteiger partial charge in [-0.2, -0.15) is 5.26 Å². The molecule has 1 unspecified atom stereocenters. The van der Waals surface area contributed by atoms with Crippen LogP contribution in [0.25, 0.3) is 11.3 Å². The van der Waals surface area contributed by atoms with Gasteiger partial charge < -0.3 is 10.3 Å². The number of hydrogen-bond acceptors (Lipinski definition) is 4. The molecule has 1 atom stereocenters. The van der Waals surface area contributed by atoms with Gasteiger partial charge >= 0.3 is 0 Å². The van der Waals surface area contributed by atoms with Gasteiger partial charge in [-0.25, -0.2) is 9.37 Å². The molecule has 0 radical (unpaired) electrons. The van der Waals surface area contributed by atoms with E-state index in [9.17, 15) is 14.4 Å². The summed E-state index contributed by atoms with van der Waals surface area (Å²) in [5.74, 6) is -0.363. The number of hydrogen-bond donors (Lipinski definition) is 2. The summed E-state index contributed by atoms with van der Waals surface area (Å²) in [6, 6.07) is 8.22. The number of aromatic amines is 1. The van der Waals surface area contributed by atoms with Crippen LogP contribution in [0, 0.1) is 23.1 Å². The molecule has 0 spiro atoms. The number of halogens is 1. The van der Waals surface area contributed by atoms with Gasteiger partial charge in [-0.05, 0) is 42.7 Å². The average Bonchev–Trinajstić information content (AvgIpc) is 3.02. The molecule has 126 valence electrons. The highest BCUT2D eigenvalue weighted by atomic mass is 32.2. The Morgan fingerprint density at radius 2 is 2.12 bits per heavy atom. The van der Waals surface area contributed by atoms with E-state index in [1.165, 1.54) is 23.9 Å². The number of nitriles is 1. The van der Waals surface area contributed by atoms with Crippen molar-refractivity contribution in [1.82, 2.24) is 15.3 Å². The fraction of sp³-hybridized carbons (Fsp3) is 0.353. The Kier molecular flexibility index (Phi) is 5.62. The van der Waals surface area contributed by atoms with E-state index in [0.29, 0.717) is 5.16 Å². The second kappa shape index (κ2) is 7.49. The molecule has 2 rings (SSSR count). The summed E-state index contributed by atoms with van der Waals surface area (Å²) in [5, 5.41) is 12.6. The van der Waals surface area contributed by atoms with Crippen molar-refractivity contribution < 1.29 is 9.18 Å². The van der Waals surface area contributed by atoms with Gasteiger partial charge in [0.2, 0.25) is 5.91 Å². The maximum absolute atomic E-state index is 12.9. The molecule has 2 N–H and O–H groups in total. The number of carbonyl (C=O) groups excluding carboxylic acids is 1. The van der Waals surface area contributed by atoms with E-state index in [2.05, 4.69) is 21.4 Å². The lowest BCUT2D eigenvalue weighted by atomic mass is 9.90. The summed E-state index contributed by atoms with van der Waals surface area (Å²) < 4.78 is 12.9. The van der Waals surface area contributed by atoms with Gasteiger partial charge in [0.05, 0.1) is 23.7 Å². The van der Waals surface area contributed by atoms with Crippen LogP contribution in [0.1, 0.15) is 20.8 Å². The number of nitrogens with one attached hydrogen (secondary N) is 2. The number of rotatable bonds is 6. The lowest BCUT2D eigenvalue weighted by molar-refractivity contribution is -0.120. The van der Waals surface area contributed by atoms with E-state index < -0.39 is 5.54 Å². The van der Waals surface area contributed by atoms with E-state index in [1.54, 1.807) is 25.3 Å². The van der Waals surface area contributed by atoms with Gasteiger partial charge in [-0.1, -0.05) is 25.6 Å². The van der Waals surface area contributed by atoms with E-state index >= 15 is 0 Å². The zero-order chi connectivity index (χ0) is 17.7. The van der Waals surface area contributed by atoms with Crippen LogP contribution in [0.5, 0.6) is 0 Å². The van der Waals surface area contributed by atoms with Crippen LogP contribution >= 0.6 is 11.8 Å². The summed E-state index contributed by atoms with van der Waals surface area (Å²) in [6.45, 7) is 5.48. The van der Waals surface area contributed by atoms with Gasteiger partial charge in [0.25, 0.3) is 0 Å². The number of carbonyl (C=O) groups is 1. The van der Waals surface area contributed by atoms with Gasteiger partial charge in [0, 0.05) is 0 Å². The summed E-state index contributed by atoms with van der Waals surface area (Å²) in [4.78, 5) is 19.3. The molecule has 0 bridgehead atoms. The number of aromatic nitrogens is 2. The molecule has 0 aliphatic rings. The first-order valence-electron chi connectivity index (χ1n) is 7.50. The van der Waals surface area contributed by atoms with Crippen molar-refractivity contribution >= 4 is 17.7 Å². The average molecular weight is 346 g/mol. The van der Waals surface area contributed by atoms with Crippen molar-refractivity contribution in [1.29, 1.82) is 5.26 Å². The van der Waals surface area contributed by atoms with Crippen molar-refractivity contribution in [2.75, 3.05) is 5.75 Å². The van der Waals surface area contributed by atoms with Crippen molar-refractivity contribution in [3.63, 3.8) is 0 Å². The Morgan fingerprint density at radius 1 is 1.46 bits per heavy atom. The highest BCUT2D eigenvalue weighted by Crippen LogP contribution is 2.22. The first kappa shape index (κ1) is 18.0. The third-order valence-electron chi connectivity index (χ3n) is 3.83. The molecule has 24 heavy (non-hydrogen) atoms. The largest absolute Gasteiger partial charge is 0.337 e. The number of imidazole rings is 1. The van der Waals surface area contributed by atoms with Crippen LogP contribution in [0.2, 0.25) is 0 Å². The minimum Gasteiger partial charge on any atom is -0.337 e. The fourth-order valence-electron chi connectivity index (χ4n) is 1.91. The van der Waals surface area contributed by atoms with E-state index in [0.717, 1.165) is 11.3 Å². The number of amides is 1. The maximum Gasteiger partial charge on any atom is 0.231 e. The Hall–Kier alpha value is -2.33. The molecule has 2 aromatic rings. The van der Waals surface area contributed by atoms with Gasteiger partial charge in [0.1, 0.15) is 11.4 Å². The quantitative estimate of drug-likeness (QED) is 0.786. The Labute approximate surface area is 144 Å². The first-order chi connectivity index (χ1) is 11.3. The zero-order valence-corrected chi connectivity index (χ0v) is 14.6. The molecule has 1 aromatic carbocycles. The monoisotopic (exact) mass is 346 g/mol. The normalized spacial score (nSPS) is 13.3. The standard InChI is InChI=1S/C17H19FN4OS/c1-11(2)17(3,10-19)22-15(23)9-24-16-20-8-14(21-16)12-4-6-13(18)7-5-12/h4-8,11H,9H2,1-3H3,(H,20,21)(H,22,23). The van der Waals surface area contributed by atoms with Crippen LogP contribution in [0.3, 0.4) is 0 Å². The molecule has 1 heterocycles. The molecule has 0 saturated heterocycles. The molecule has 0 saturated carbocycles. The van der Waals surface area contributed by atoms with E-state index in [1.807, 2.05) is 13.8 Å². The molecule has 5 nitrogen and oxygen atoms in total. The SMILES string of the molecule is CC(C)C(C)(C#N)NC(=O)CSc1ncc(-c2ccc(F)cc2)[nH]1. The van der Waals surface area contributed by atoms with Crippen LogP contribution in [-0.2, 0) is 4.79 Å². The van der Waals surface area contributed by atoms with Crippen molar-refractivity contribution in [3.8, 4) is 17.3 Å². The molecular weight excluding hydrogens is 327 g/mol. The molecular formula is C17H19FN4OS. The smallest absolute Gasteiger partial charge is 0.231 e. The third-order valence-corrected chi connectivity index (χ3v) is 4.72. The minimum atomic E-state index is -0.889. The first-order valence-corrected chi connectivity index (χ1v) is 8.48. The fourth-order valence-corrected chi connectivity index (χ4v) is 2.56. The number of benzene rings is 1. The zero-order valence-electron chi connectivity index (χ0n) is 13.8. The molecule has 0 aliphatic heterocycles. The van der Waals surface area contributed by atoms with E-state index in [-0.39, 0.29) is 23.4 Å². The van der Waals surface area contributed by atoms with Crippen LogP contribution in [0.4, 0.5) is 4.39 Å². The van der Waals surface area contributed by atoms with Crippen molar-refractivity contribution in [2.45, 2.75) is 31.5 Å². The second-order valence-corrected chi connectivity index (χ2v) is 6.88. The number of H-pyrrole nitrogens is 1. The predicted octanol–water partition coefficient (Wildman–Crippen LogP) is 3.36. The Balaban J connectivity index is 1.95. The maximum atomic E-state index is 12.9. The third kappa shape index (κ3) is 4.36. The molecule has 1 amide bonds. The van der Waals surface area contributed by atoms with Crippen molar-refractivity contribution in [3.05, 3.63) is 36.3 Å². The van der Waals surface area contributed by atoms with Crippen LogP contribution in [-0.4, -0.2) is 27.2 Å². The highest BCUT2D eigenvalue weighted by Gasteiger charge is 2.29. The summed E-state index contributed by atoms with van der Waals surface area (Å²) in [6.07, 6.45) is 1.64. The molecule has 0 aliphatic carbocycles. The van der Waals surface area contributed by atoms with E-state index in [4.69, 9.17) is 0 Å². The topological polar surface area (TPSA) is 81.6 Å². The van der Waals surface area contributed by atoms with Gasteiger partial charge in [-0.15, -0.1) is 0 Å². The Morgan fingerprint density at radius 3 is 2.71 bits per heavy atom. The predicted molar refractivity (Wildman–Crippen MR) is 91.7 cm³/mol. The number of nitrogens with zero attached hydrogens (tertiary/aromatic N) is 2. The highest BCUT2D eigenvalue weighted by molar-refractivity contribution is 7.99. The lowest BCUT2D eigenvalue weighted by Gasteiger charge is -2.27. The molecule has 7 heteroatoms. The summed E-state index contributed by atoms with van der Waals surface area (Å²) in [5.41, 5.74) is 0.680. The lowest BCUT2D eigenvalue weighted by Crippen LogP contribution is -2.49. The minimum absolute atomic E-state index is 0.00476. The van der Waals surface area contributed by atoms with Crippen LogP contribution in [0.15, 0.2) is 35.6 Å². The van der Waals surface area contributed by atoms with Gasteiger partial charge in [0.15, 0.2) is 5.16 Å².